The monoisotopic (exact) mass is 313 g/mol. The number of benzene rings is 1. The number of rotatable bonds is 1. The maximum absolute atomic E-state index is 12.7. The summed E-state index contributed by atoms with van der Waals surface area (Å²) >= 11 is 11.1. The van der Waals surface area contributed by atoms with Crippen molar-refractivity contribution in [3.05, 3.63) is 27.7 Å². The molecule has 6 N–H and O–H groups in total. The van der Waals surface area contributed by atoms with Crippen LogP contribution in [0.2, 0.25) is 10.0 Å². The van der Waals surface area contributed by atoms with E-state index in [2.05, 4.69) is 9.98 Å². The minimum Gasteiger partial charge on any atom is -0.370 e. The van der Waals surface area contributed by atoms with Crippen LogP contribution in [0.5, 0.6) is 0 Å². The normalized spacial score (nSPS) is 12.4. The Hall–Kier alpha value is -1.67. The second-order valence-corrected chi connectivity index (χ2v) is 4.05. The molecular formula is C9H8Cl2F3N5. The van der Waals surface area contributed by atoms with Crippen LogP contribution in [0.3, 0.4) is 0 Å². The van der Waals surface area contributed by atoms with Crippen LogP contribution in [-0.4, -0.2) is 11.9 Å². The summed E-state index contributed by atoms with van der Waals surface area (Å²) < 4.78 is 38.2. The lowest BCUT2D eigenvalue weighted by Gasteiger charge is -2.12. The molecule has 5 nitrogen and oxygen atoms in total. The van der Waals surface area contributed by atoms with Crippen molar-refractivity contribution in [1.82, 2.24) is 0 Å². The lowest BCUT2D eigenvalue weighted by molar-refractivity contribution is -0.137. The summed E-state index contributed by atoms with van der Waals surface area (Å²) in [6, 6.07) is 2.16. The van der Waals surface area contributed by atoms with E-state index < -0.39 is 27.7 Å². The molecule has 0 unspecified atom stereocenters. The quantitative estimate of drug-likeness (QED) is 0.547. The third-order valence-corrected chi connectivity index (χ3v) is 2.53. The van der Waals surface area contributed by atoms with Crippen LogP contribution >= 0.6 is 23.2 Å². The SMILES string of the molecule is NC(N)=NC(N)=Nc1ccc(Cl)c(C(F)(F)F)c1Cl. The van der Waals surface area contributed by atoms with Gasteiger partial charge >= 0.3 is 6.18 Å². The fourth-order valence-electron chi connectivity index (χ4n) is 1.17. The largest absolute Gasteiger partial charge is 0.419 e. The number of hydrogen-bond donors (Lipinski definition) is 3. The Kier molecular flexibility index (Phi) is 4.48. The Labute approximate surface area is 115 Å². The van der Waals surface area contributed by atoms with Crippen molar-refractivity contribution in [3.8, 4) is 0 Å². The van der Waals surface area contributed by atoms with E-state index in [4.69, 9.17) is 40.4 Å². The minimum absolute atomic E-state index is 0.249. The molecule has 19 heavy (non-hydrogen) atoms. The Bertz CT molecular complexity index is 550. The van der Waals surface area contributed by atoms with Crippen LogP contribution in [0.1, 0.15) is 5.56 Å². The fourth-order valence-corrected chi connectivity index (χ4v) is 1.80. The highest BCUT2D eigenvalue weighted by atomic mass is 35.5. The van der Waals surface area contributed by atoms with E-state index in [0.717, 1.165) is 12.1 Å². The summed E-state index contributed by atoms with van der Waals surface area (Å²) in [5, 5.41) is -1.23. The van der Waals surface area contributed by atoms with Crippen LogP contribution in [0.4, 0.5) is 18.9 Å². The predicted molar refractivity (Wildman–Crippen MR) is 68.6 cm³/mol. The van der Waals surface area contributed by atoms with Crippen molar-refractivity contribution >= 4 is 40.8 Å². The van der Waals surface area contributed by atoms with Crippen molar-refractivity contribution in [2.24, 2.45) is 27.2 Å². The molecule has 0 bridgehead atoms. The van der Waals surface area contributed by atoms with E-state index in [1.54, 1.807) is 0 Å². The van der Waals surface area contributed by atoms with Crippen LogP contribution in [0.15, 0.2) is 22.1 Å². The van der Waals surface area contributed by atoms with E-state index in [9.17, 15) is 13.2 Å². The zero-order chi connectivity index (χ0) is 14.8. The Morgan fingerprint density at radius 2 is 1.68 bits per heavy atom. The highest BCUT2D eigenvalue weighted by Crippen LogP contribution is 2.43. The molecule has 0 saturated heterocycles. The first kappa shape index (κ1) is 15.4. The molecule has 0 radical (unpaired) electrons. The molecule has 0 amide bonds. The topological polar surface area (TPSA) is 103 Å². The standard InChI is InChI=1S/C9H8Cl2F3N5/c10-3-1-2-4(18-8(17)19-7(15)16)6(11)5(3)9(12,13)14/h1-2H,(H6,15,16,17,18,19). The highest BCUT2D eigenvalue weighted by Gasteiger charge is 2.36. The number of alkyl halides is 3. The van der Waals surface area contributed by atoms with E-state index in [1.165, 1.54) is 0 Å². The van der Waals surface area contributed by atoms with Crippen LogP contribution in [-0.2, 0) is 6.18 Å². The molecule has 0 saturated carbocycles. The van der Waals surface area contributed by atoms with Gasteiger partial charge in [-0.3, -0.25) is 0 Å². The first-order chi connectivity index (χ1) is 8.62. The van der Waals surface area contributed by atoms with Gasteiger partial charge in [0.15, 0.2) is 5.96 Å². The van der Waals surface area contributed by atoms with Crippen molar-refractivity contribution in [3.63, 3.8) is 0 Å². The molecular weight excluding hydrogens is 306 g/mol. The van der Waals surface area contributed by atoms with Crippen molar-refractivity contribution in [2.45, 2.75) is 6.18 Å². The molecule has 0 heterocycles. The molecule has 0 spiro atoms. The van der Waals surface area contributed by atoms with Gasteiger partial charge in [-0.2, -0.15) is 18.2 Å². The number of nitrogens with two attached hydrogens (primary N) is 3. The van der Waals surface area contributed by atoms with E-state index in [-0.39, 0.29) is 11.6 Å². The van der Waals surface area contributed by atoms with Gasteiger partial charge in [0, 0.05) is 0 Å². The van der Waals surface area contributed by atoms with E-state index >= 15 is 0 Å². The maximum atomic E-state index is 12.7. The summed E-state index contributed by atoms with van der Waals surface area (Å²) in [6.07, 6.45) is -4.72. The molecule has 0 aromatic heterocycles. The number of nitrogens with zero attached hydrogens (tertiary/aromatic N) is 2. The summed E-state index contributed by atoms with van der Waals surface area (Å²) in [4.78, 5) is 6.93. The second kappa shape index (κ2) is 5.54. The molecule has 10 heteroatoms. The molecule has 1 rings (SSSR count). The maximum Gasteiger partial charge on any atom is 0.419 e. The van der Waals surface area contributed by atoms with Crippen molar-refractivity contribution in [2.75, 3.05) is 0 Å². The predicted octanol–water partition coefficient (Wildman–Crippen LogP) is 2.23. The van der Waals surface area contributed by atoms with Crippen molar-refractivity contribution in [1.29, 1.82) is 0 Å². The Morgan fingerprint density at radius 1 is 1.11 bits per heavy atom. The lowest BCUT2D eigenvalue weighted by Crippen LogP contribution is -2.26. The molecule has 0 aliphatic rings. The van der Waals surface area contributed by atoms with Crippen LogP contribution in [0, 0.1) is 0 Å². The third kappa shape index (κ3) is 3.90. The van der Waals surface area contributed by atoms with Crippen LogP contribution < -0.4 is 17.2 Å². The van der Waals surface area contributed by atoms with Crippen LogP contribution in [0.25, 0.3) is 0 Å². The number of hydrogen-bond acceptors (Lipinski definition) is 1. The minimum atomic E-state index is -4.72. The molecule has 0 aliphatic heterocycles. The Morgan fingerprint density at radius 3 is 2.16 bits per heavy atom. The number of aliphatic imine (C=N–C) groups is 2. The summed E-state index contributed by atoms with van der Waals surface area (Å²) in [6.45, 7) is 0. The van der Waals surface area contributed by atoms with Gasteiger partial charge in [-0.25, -0.2) is 4.99 Å². The second-order valence-electron chi connectivity index (χ2n) is 3.26. The molecule has 1 aromatic rings. The molecule has 0 aliphatic carbocycles. The van der Waals surface area contributed by atoms with Gasteiger partial charge in [0.1, 0.15) is 0 Å². The van der Waals surface area contributed by atoms with Crippen molar-refractivity contribution < 1.29 is 13.2 Å². The molecule has 1 aromatic carbocycles. The first-order valence-electron chi connectivity index (χ1n) is 4.62. The smallest absolute Gasteiger partial charge is 0.370 e. The van der Waals surface area contributed by atoms with Gasteiger partial charge < -0.3 is 17.2 Å². The van der Waals surface area contributed by atoms with Gasteiger partial charge in [0.2, 0.25) is 5.96 Å². The first-order valence-corrected chi connectivity index (χ1v) is 5.37. The van der Waals surface area contributed by atoms with Gasteiger partial charge in [-0.1, -0.05) is 23.2 Å². The fraction of sp³-hybridized carbons (Fsp3) is 0.111. The number of halogens is 5. The molecule has 0 atom stereocenters. The average molecular weight is 314 g/mol. The lowest BCUT2D eigenvalue weighted by atomic mass is 10.2. The number of guanidine groups is 2. The van der Waals surface area contributed by atoms with Gasteiger partial charge in [0.05, 0.1) is 21.3 Å². The molecule has 104 valence electrons. The highest BCUT2D eigenvalue weighted by molar-refractivity contribution is 6.37. The zero-order valence-corrected chi connectivity index (χ0v) is 10.7. The zero-order valence-electron chi connectivity index (χ0n) is 9.17. The third-order valence-electron chi connectivity index (χ3n) is 1.83. The average Bonchev–Trinajstić information content (AvgIpc) is 2.19. The Balaban J connectivity index is 3.38. The molecule has 0 fully saturated rings. The van der Waals surface area contributed by atoms with E-state index in [1.807, 2.05) is 0 Å². The van der Waals surface area contributed by atoms with Gasteiger partial charge in [-0.15, -0.1) is 0 Å². The summed E-state index contributed by atoms with van der Waals surface area (Å²) in [7, 11) is 0. The van der Waals surface area contributed by atoms with E-state index in [0.29, 0.717) is 0 Å². The van der Waals surface area contributed by atoms with Gasteiger partial charge in [-0.05, 0) is 12.1 Å². The van der Waals surface area contributed by atoms with Gasteiger partial charge in [0.25, 0.3) is 0 Å². The summed E-state index contributed by atoms with van der Waals surface area (Å²) in [5.74, 6) is -0.820. The summed E-state index contributed by atoms with van der Waals surface area (Å²) in [5.41, 5.74) is 13.9.